The van der Waals surface area contributed by atoms with Gasteiger partial charge in [0.05, 0.1) is 12.2 Å². The van der Waals surface area contributed by atoms with Crippen molar-refractivity contribution >= 4 is 5.91 Å². The van der Waals surface area contributed by atoms with E-state index in [2.05, 4.69) is 9.97 Å². The molecule has 1 aromatic carbocycles. The summed E-state index contributed by atoms with van der Waals surface area (Å²) in [5.41, 5.74) is 1.37. The maximum atomic E-state index is 13.0. The van der Waals surface area contributed by atoms with E-state index in [0.717, 1.165) is 5.56 Å². The van der Waals surface area contributed by atoms with Gasteiger partial charge in [0.1, 0.15) is 17.3 Å². The number of H-pyrrole nitrogens is 1. The van der Waals surface area contributed by atoms with Crippen LogP contribution in [-0.2, 0) is 0 Å². The predicted octanol–water partition coefficient (Wildman–Crippen LogP) is 3.08. The topological polar surface area (TPSA) is 49.0 Å². The molecule has 1 N–H and O–H groups in total. The van der Waals surface area contributed by atoms with Crippen LogP contribution in [0.1, 0.15) is 41.8 Å². The zero-order chi connectivity index (χ0) is 14.7. The number of hydrogen-bond acceptors (Lipinski definition) is 2. The molecule has 0 saturated carbocycles. The van der Waals surface area contributed by atoms with Gasteiger partial charge in [0.15, 0.2) is 0 Å². The highest BCUT2D eigenvalue weighted by atomic mass is 19.1. The van der Waals surface area contributed by atoms with Gasteiger partial charge in [-0.05, 0) is 38.5 Å². The van der Waals surface area contributed by atoms with Gasteiger partial charge in [-0.3, -0.25) is 4.79 Å². The minimum atomic E-state index is -0.278. The lowest BCUT2D eigenvalue weighted by molar-refractivity contribution is 0.0696. The molecular weight excluding hydrogens is 257 g/mol. The van der Waals surface area contributed by atoms with Crippen LogP contribution in [0.3, 0.4) is 0 Å². The lowest BCUT2D eigenvalue weighted by Crippen LogP contribution is -2.33. The fraction of sp³-hybridized carbons (Fsp3) is 0.333. The molecular formula is C15H18FN3O. The SMILES string of the molecule is CCN(C(=O)c1cnc(C)[nH]1)C(C)c1ccc(F)cc1. The van der Waals surface area contributed by atoms with Crippen molar-refractivity contribution in [2.75, 3.05) is 6.54 Å². The van der Waals surface area contributed by atoms with Crippen LogP contribution in [0, 0.1) is 12.7 Å². The van der Waals surface area contributed by atoms with Crippen molar-refractivity contribution in [1.82, 2.24) is 14.9 Å². The van der Waals surface area contributed by atoms with Crippen LogP contribution in [0.25, 0.3) is 0 Å². The molecule has 1 unspecified atom stereocenters. The molecule has 4 nitrogen and oxygen atoms in total. The first-order valence-corrected chi connectivity index (χ1v) is 6.61. The van der Waals surface area contributed by atoms with Gasteiger partial charge in [0.2, 0.25) is 0 Å². The van der Waals surface area contributed by atoms with Crippen LogP contribution < -0.4 is 0 Å². The van der Waals surface area contributed by atoms with E-state index in [1.165, 1.54) is 18.3 Å². The molecule has 1 amide bonds. The monoisotopic (exact) mass is 275 g/mol. The van der Waals surface area contributed by atoms with E-state index in [1.54, 1.807) is 24.0 Å². The van der Waals surface area contributed by atoms with E-state index in [1.807, 2.05) is 13.8 Å². The molecule has 1 aromatic heterocycles. The number of amides is 1. The standard InChI is InChI=1S/C15H18FN3O/c1-4-19(15(20)14-9-17-11(3)18-14)10(2)12-5-7-13(16)8-6-12/h5-10H,4H2,1-3H3,(H,17,18). The van der Waals surface area contributed by atoms with Crippen LogP contribution >= 0.6 is 0 Å². The summed E-state index contributed by atoms with van der Waals surface area (Å²) in [5, 5.41) is 0. The maximum Gasteiger partial charge on any atom is 0.272 e. The van der Waals surface area contributed by atoms with Crippen molar-refractivity contribution < 1.29 is 9.18 Å². The Morgan fingerprint density at radius 3 is 2.55 bits per heavy atom. The van der Waals surface area contributed by atoms with Gasteiger partial charge >= 0.3 is 0 Å². The minimum Gasteiger partial charge on any atom is -0.338 e. The number of benzene rings is 1. The number of carbonyl (C=O) groups excluding carboxylic acids is 1. The first-order valence-electron chi connectivity index (χ1n) is 6.61. The second kappa shape index (κ2) is 5.86. The molecule has 2 aromatic rings. The Balaban J connectivity index is 2.23. The quantitative estimate of drug-likeness (QED) is 0.932. The first-order chi connectivity index (χ1) is 9.52. The Kier molecular flexibility index (Phi) is 4.17. The van der Waals surface area contributed by atoms with Gasteiger partial charge in [-0.15, -0.1) is 0 Å². The van der Waals surface area contributed by atoms with Gasteiger partial charge in [-0.1, -0.05) is 12.1 Å². The van der Waals surface area contributed by atoms with Crippen LogP contribution in [0.4, 0.5) is 4.39 Å². The van der Waals surface area contributed by atoms with Crippen molar-refractivity contribution in [1.29, 1.82) is 0 Å². The lowest BCUT2D eigenvalue weighted by Gasteiger charge is -2.28. The van der Waals surface area contributed by atoms with Crippen molar-refractivity contribution in [3.63, 3.8) is 0 Å². The highest BCUT2D eigenvalue weighted by molar-refractivity contribution is 5.92. The average Bonchev–Trinajstić information content (AvgIpc) is 2.86. The molecule has 0 aliphatic rings. The normalized spacial score (nSPS) is 12.2. The molecule has 0 bridgehead atoms. The van der Waals surface area contributed by atoms with Gasteiger partial charge in [-0.2, -0.15) is 0 Å². The van der Waals surface area contributed by atoms with E-state index in [0.29, 0.717) is 18.1 Å². The Morgan fingerprint density at radius 2 is 2.05 bits per heavy atom. The lowest BCUT2D eigenvalue weighted by atomic mass is 10.1. The molecule has 0 spiro atoms. The molecule has 1 heterocycles. The summed E-state index contributed by atoms with van der Waals surface area (Å²) in [6.07, 6.45) is 1.54. The van der Waals surface area contributed by atoms with Crippen LogP contribution in [0.5, 0.6) is 0 Å². The maximum absolute atomic E-state index is 13.0. The van der Waals surface area contributed by atoms with E-state index in [-0.39, 0.29) is 17.8 Å². The van der Waals surface area contributed by atoms with Crippen LogP contribution in [0.15, 0.2) is 30.5 Å². The zero-order valence-corrected chi connectivity index (χ0v) is 11.9. The summed E-state index contributed by atoms with van der Waals surface area (Å²) in [6, 6.07) is 6.09. The largest absolute Gasteiger partial charge is 0.338 e. The first kappa shape index (κ1) is 14.2. The number of aromatic nitrogens is 2. The summed E-state index contributed by atoms with van der Waals surface area (Å²) < 4.78 is 13.0. The van der Waals surface area contributed by atoms with Gasteiger partial charge < -0.3 is 9.88 Å². The number of imidazole rings is 1. The predicted molar refractivity (Wildman–Crippen MR) is 74.9 cm³/mol. The fourth-order valence-electron chi connectivity index (χ4n) is 2.20. The number of rotatable bonds is 4. The second-order valence-corrected chi connectivity index (χ2v) is 4.70. The number of aromatic amines is 1. The van der Waals surface area contributed by atoms with Gasteiger partial charge in [-0.25, -0.2) is 9.37 Å². The number of nitrogens with one attached hydrogen (secondary N) is 1. The Hall–Kier alpha value is -2.17. The third-order valence-corrected chi connectivity index (χ3v) is 3.35. The summed E-state index contributed by atoms with van der Waals surface area (Å²) in [7, 11) is 0. The van der Waals surface area contributed by atoms with Crippen molar-refractivity contribution in [2.24, 2.45) is 0 Å². The van der Waals surface area contributed by atoms with E-state index in [4.69, 9.17) is 0 Å². The number of carbonyl (C=O) groups is 1. The zero-order valence-electron chi connectivity index (χ0n) is 11.9. The average molecular weight is 275 g/mol. The fourth-order valence-corrected chi connectivity index (χ4v) is 2.20. The van der Waals surface area contributed by atoms with Gasteiger partial charge in [0.25, 0.3) is 5.91 Å². The van der Waals surface area contributed by atoms with Crippen molar-refractivity contribution in [3.05, 3.63) is 53.4 Å². The van der Waals surface area contributed by atoms with Crippen molar-refractivity contribution in [2.45, 2.75) is 26.8 Å². The second-order valence-electron chi connectivity index (χ2n) is 4.70. The Labute approximate surface area is 117 Å². The molecule has 0 radical (unpaired) electrons. The smallest absolute Gasteiger partial charge is 0.272 e. The Bertz CT molecular complexity index is 591. The summed E-state index contributed by atoms with van der Waals surface area (Å²) >= 11 is 0. The van der Waals surface area contributed by atoms with E-state index < -0.39 is 0 Å². The number of aryl methyl sites for hydroxylation is 1. The summed E-state index contributed by atoms with van der Waals surface area (Å²) in [4.78, 5) is 21.2. The molecule has 0 aliphatic heterocycles. The van der Waals surface area contributed by atoms with E-state index in [9.17, 15) is 9.18 Å². The molecule has 0 aliphatic carbocycles. The number of nitrogens with zero attached hydrogens (tertiary/aromatic N) is 2. The molecule has 0 fully saturated rings. The molecule has 5 heteroatoms. The van der Waals surface area contributed by atoms with Crippen LogP contribution in [-0.4, -0.2) is 27.3 Å². The number of halogens is 1. The summed E-state index contributed by atoms with van der Waals surface area (Å²) in [6.45, 7) is 6.21. The van der Waals surface area contributed by atoms with E-state index >= 15 is 0 Å². The highest BCUT2D eigenvalue weighted by Gasteiger charge is 2.22. The molecule has 1 atom stereocenters. The Morgan fingerprint density at radius 1 is 1.40 bits per heavy atom. The number of hydrogen-bond donors (Lipinski definition) is 1. The van der Waals surface area contributed by atoms with Crippen molar-refractivity contribution in [3.8, 4) is 0 Å². The van der Waals surface area contributed by atoms with Crippen LogP contribution in [0.2, 0.25) is 0 Å². The highest BCUT2D eigenvalue weighted by Crippen LogP contribution is 2.22. The third-order valence-electron chi connectivity index (χ3n) is 3.35. The van der Waals surface area contributed by atoms with Gasteiger partial charge in [0, 0.05) is 6.54 Å². The molecule has 0 saturated heterocycles. The molecule has 20 heavy (non-hydrogen) atoms. The molecule has 2 rings (SSSR count). The summed E-state index contributed by atoms with van der Waals surface area (Å²) in [5.74, 6) is 0.322. The molecule has 106 valence electrons. The minimum absolute atomic E-state index is 0.107. The third kappa shape index (κ3) is 2.87.